The van der Waals surface area contributed by atoms with Crippen LogP contribution in [-0.2, 0) is 26.4 Å². The van der Waals surface area contributed by atoms with Crippen molar-refractivity contribution in [3.63, 3.8) is 0 Å². The lowest BCUT2D eigenvalue weighted by Gasteiger charge is -2.27. The molecule has 142 valence electrons. The second-order valence-electron chi connectivity index (χ2n) is 9.23. The van der Waals surface area contributed by atoms with Crippen molar-refractivity contribution in [2.24, 2.45) is 12.5 Å². The Labute approximate surface area is 162 Å². The number of nitrogens with zero attached hydrogens (tertiary/aromatic N) is 4. The Hall–Kier alpha value is -2.07. The van der Waals surface area contributed by atoms with Crippen LogP contribution < -0.4 is 0 Å². The van der Waals surface area contributed by atoms with E-state index < -0.39 is 0 Å². The van der Waals surface area contributed by atoms with Crippen LogP contribution in [0.25, 0.3) is 17.3 Å². The molecule has 2 aromatic heterocycles. The summed E-state index contributed by atoms with van der Waals surface area (Å²) in [6, 6.07) is 2.18. The summed E-state index contributed by atoms with van der Waals surface area (Å²) in [5.41, 5.74) is 10.7. The number of hydrogen-bond acceptors (Lipinski definition) is 2. The lowest BCUT2D eigenvalue weighted by Crippen LogP contribution is -2.28. The van der Waals surface area contributed by atoms with Gasteiger partial charge in [0.15, 0.2) is 0 Å². The monoisotopic (exact) mass is 362 g/mol. The topological polar surface area (TPSA) is 26.0 Å². The Morgan fingerprint density at radius 2 is 1.93 bits per heavy atom. The average Bonchev–Trinajstić information content (AvgIpc) is 3.31. The average molecular weight is 363 g/mol. The lowest BCUT2D eigenvalue weighted by atomic mass is 9.80. The normalized spacial score (nSPS) is 21.6. The van der Waals surface area contributed by atoms with Crippen LogP contribution in [0.4, 0.5) is 0 Å². The predicted octanol–water partition coefficient (Wildman–Crippen LogP) is 4.36. The molecule has 4 heteroatoms. The maximum absolute atomic E-state index is 4.43. The summed E-state index contributed by atoms with van der Waals surface area (Å²) in [6.07, 6.45) is 12.6. The molecule has 0 saturated carbocycles. The first-order valence-electron chi connectivity index (χ1n) is 10.3. The van der Waals surface area contributed by atoms with Crippen molar-refractivity contribution in [1.82, 2.24) is 19.2 Å². The minimum atomic E-state index is 0.248. The number of hydrogen-bond donors (Lipinski definition) is 0. The van der Waals surface area contributed by atoms with Crippen LogP contribution in [0.2, 0.25) is 0 Å². The second kappa shape index (κ2) is 5.96. The summed E-state index contributed by atoms with van der Waals surface area (Å²) in [5, 5.41) is 4.43. The molecule has 0 N–H and O–H groups in total. The van der Waals surface area contributed by atoms with E-state index in [1.165, 1.54) is 35.5 Å². The van der Waals surface area contributed by atoms with Crippen LogP contribution in [0, 0.1) is 5.41 Å². The Morgan fingerprint density at radius 1 is 1.07 bits per heavy atom. The molecule has 0 unspecified atom stereocenters. The minimum absolute atomic E-state index is 0.248. The van der Waals surface area contributed by atoms with Gasteiger partial charge in [-0.05, 0) is 67.0 Å². The van der Waals surface area contributed by atoms with Crippen molar-refractivity contribution >= 4 is 17.3 Å². The van der Waals surface area contributed by atoms with E-state index >= 15 is 0 Å². The van der Waals surface area contributed by atoms with Gasteiger partial charge in [0.05, 0.1) is 5.69 Å². The Balaban J connectivity index is 1.75. The highest BCUT2D eigenvalue weighted by Gasteiger charge is 2.33. The van der Waals surface area contributed by atoms with Gasteiger partial charge in [-0.2, -0.15) is 5.10 Å². The summed E-state index contributed by atoms with van der Waals surface area (Å²) in [6.45, 7) is 6.96. The molecule has 3 heterocycles. The number of aryl methyl sites for hydroxylation is 1. The maximum Gasteiger partial charge on any atom is 0.0656 e. The fraction of sp³-hybridized carbons (Fsp3) is 0.522. The van der Waals surface area contributed by atoms with Gasteiger partial charge in [-0.15, -0.1) is 0 Å². The van der Waals surface area contributed by atoms with Gasteiger partial charge in [0.2, 0.25) is 0 Å². The third-order valence-corrected chi connectivity index (χ3v) is 6.60. The summed E-state index contributed by atoms with van der Waals surface area (Å²) < 4.78 is 4.69. The molecule has 0 spiro atoms. The third kappa shape index (κ3) is 2.65. The summed E-state index contributed by atoms with van der Waals surface area (Å²) in [7, 11) is 4.32. The SMILES string of the molecule is CN1CCc2c(c3c(n2C2=C(c4ccnn4C)CCC2)C=CC(C)(C)C3)C1. The number of fused-ring (bicyclic) bond motifs is 3. The first kappa shape index (κ1) is 17.1. The van der Waals surface area contributed by atoms with Crippen molar-refractivity contribution in [3.05, 3.63) is 46.5 Å². The van der Waals surface area contributed by atoms with Gasteiger partial charge in [0.1, 0.15) is 0 Å². The van der Waals surface area contributed by atoms with Crippen molar-refractivity contribution in [2.75, 3.05) is 13.6 Å². The molecule has 0 saturated heterocycles. The fourth-order valence-corrected chi connectivity index (χ4v) is 5.26. The van der Waals surface area contributed by atoms with E-state index in [2.05, 4.69) is 60.7 Å². The molecule has 0 bridgehead atoms. The standard InChI is InChI=1S/C23H30N4/c1-23(2)11-8-21-17(14-23)18-15-25(3)13-10-22(18)27(21)20-7-5-6-16(20)19-9-12-24-26(19)4/h8-9,11-12H,5-7,10,13-15H2,1-4H3. The van der Waals surface area contributed by atoms with Gasteiger partial charge in [-0.25, -0.2) is 0 Å². The molecule has 27 heavy (non-hydrogen) atoms. The molecule has 0 amide bonds. The van der Waals surface area contributed by atoms with Crippen LogP contribution in [0.5, 0.6) is 0 Å². The van der Waals surface area contributed by atoms with Gasteiger partial charge < -0.3 is 9.47 Å². The number of rotatable bonds is 2. The van der Waals surface area contributed by atoms with Gasteiger partial charge in [0.25, 0.3) is 0 Å². The van der Waals surface area contributed by atoms with Crippen LogP contribution in [0.1, 0.15) is 61.3 Å². The molecule has 2 aliphatic carbocycles. The first-order valence-corrected chi connectivity index (χ1v) is 10.3. The molecule has 2 aromatic rings. The number of aromatic nitrogens is 3. The Morgan fingerprint density at radius 3 is 2.70 bits per heavy atom. The van der Waals surface area contributed by atoms with E-state index in [0.717, 1.165) is 32.4 Å². The van der Waals surface area contributed by atoms with Crippen molar-refractivity contribution in [3.8, 4) is 0 Å². The van der Waals surface area contributed by atoms with Crippen LogP contribution in [0.15, 0.2) is 18.3 Å². The molecule has 0 aromatic carbocycles. The molecule has 0 radical (unpaired) electrons. The molecule has 0 atom stereocenters. The summed E-state index contributed by atoms with van der Waals surface area (Å²) in [4.78, 5) is 2.48. The smallest absolute Gasteiger partial charge is 0.0656 e. The minimum Gasteiger partial charge on any atom is -0.317 e. The zero-order valence-corrected chi connectivity index (χ0v) is 17.0. The van der Waals surface area contributed by atoms with Crippen molar-refractivity contribution in [2.45, 2.75) is 52.5 Å². The first-order chi connectivity index (χ1) is 12.9. The predicted molar refractivity (Wildman–Crippen MR) is 111 cm³/mol. The largest absolute Gasteiger partial charge is 0.317 e. The zero-order chi connectivity index (χ0) is 18.8. The highest BCUT2D eigenvalue weighted by molar-refractivity contribution is 5.86. The number of allylic oxidation sites excluding steroid dienone is 3. The van der Waals surface area contributed by atoms with Gasteiger partial charge >= 0.3 is 0 Å². The highest BCUT2D eigenvalue weighted by Crippen LogP contribution is 2.44. The van der Waals surface area contributed by atoms with E-state index in [4.69, 9.17) is 0 Å². The highest BCUT2D eigenvalue weighted by atomic mass is 15.3. The molecule has 4 nitrogen and oxygen atoms in total. The quantitative estimate of drug-likeness (QED) is 0.793. The van der Waals surface area contributed by atoms with Crippen LogP contribution in [0.3, 0.4) is 0 Å². The number of likely N-dealkylation sites (N-methyl/N-ethyl adjacent to an activating group) is 1. The molecule has 3 aliphatic rings. The summed E-state index contributed by atoms with van der Waals surface area (Å²) >= 11 is 0. The zero-order valence-electron chi connectivity index (χ0n) is 17.0. The maximum atomic E-state index is 4.43. The van der Waals surface area contributed by atoms with Gasteiger partial charge in [-0.3, -0.25) is 4.68 Å². The van der Waals surface area contributed by atoms with Gasteiger partial charge in [0, 0.05) is 49.8 Å². The summed E-state index contributed by atoms with van der Waals surface area (Å²) in [5.74, 6) is 0. The fourth-order valence-electron chi connectivity index (χ4n) is 5.26. The van der Waals surface area contributed by atoms with Crippen LogP contribution in [-0.4, -0.2) is 32.8 Å². The Bertz CT molecular complexity index is 967. The molecule has 5 rings (SSSR count). The Kier molecular flexibility index (Phi) is 3.77. The van der Waals surface area contributed by atoms with E-state index in [9.17, 15) is 0 Å². The molecule has 1 aliphatic heterocycles. The van der Waals surface area contributed by atoms with Gasteiger partial charge in [-0.1, -0.05) is 19.9 Å². The van der Waals surface area contributed by atoms with E-state index in [1.54, 1.807) is 16.8 Å². The molecular weight excluding hydrogens is 332 g/mol. The van der Waals surface area contributed by atoms with E-state index in [-0.39, 0.29) is 5.41 Å². The molecule has 0 fully saturated rings. The van der Waals surface area contributed by atoms with Crippen molar-refractivity contribution < 1.29 is 0 Å². The van der Waals surface area contributed by atoms with Crippen LogP contribution >= 0.6 is 0 Å². The molecular formula is C23H30N4. The lowest BCUT2D eigenvalue weighted by molar-refractivity contribution is 0.308. The third-order valence-electron chi connectivity index (χ3n) is 6.60. The van der Waals surface area contributed by atoms with Crippen molar-refractivity contribution in [1.29, 1.82) is 0 Å². The van der Waals surface area contributed by atoms with E-state index in [1.807, 2.05) is 10.9 Å². The second-order valence-corrected chi connectivity index (χ2v) is 9.23. The van der Waals surface area contributed by atoms with E-state index in [0.29, 0.717) is 0 Å².